The molecule has 1 N–H and O–H groups in total. The molecule has 7 nitrogen and oxygen atoms in total. The van der Waals surface area contributed by atoms with E-state index < -0.39 is 33.8 Å². The van der Waals surface area contributed by atoms with Crippen LogP contribution in [0.15, 0.2) is 29.0 Å². The van der Waals surface area contributed by atoms with Crippen LogP contribution in [0.2, 0.25) is 5.02 Å². The maximum Gasteiger partial charge on any atom is 0.434 e. The highest BCUT2D eigenvalue weighted by atomic mass is 79.9. The zero-order valence-electron chi connectivity index (χ0n) is 13.9. The van der Waals surface area contributed by atoms with Gasteiger partial charge in [0.05, 0.1) is 11.0 Å². The summed E-state index contributed by atoms with van der Waals surface area (Å²) in [4.78, 5) is 16.1. The number of nitrogens with one attached hydrogen (secondary N) is 1. The molecule has 0 saturated heterocycles. The lowest BCUT2D eigenvalue weighted by molar-refractivity contribution is -0.144. The molecule has 148 valence electrons. The Morgan fingerprint density at radius 1 is 1.32 bits per heavy atom. The van der Waals surface area contributed by atoms with E-state index >= 15 is 0 Å². The van der Waals surface area contributed by atoms with Gasteiger partial charge in [0.15, 0.2) is 11.4 Å². The van der Waals surface area contributed by atoms with Crippen molar-refractivity contribution in [2.24, 2.45) is 7.05 Å². The summed E-state index contributed by atoms with van der Waals surface area (Å²) in [5.41, 5.74) is -0.997. The first-order chi connectivity index (χ1) is 13.1. The van der Waals surface area contributed by atoms with Gasteiger partial charge >= 0.3 is 6.18 Å². The number of carbonyl (C=O) groups excluding carboxylic acids is 1. The Kier molecular flexibility index (Phi) is 5.44. The van der Waals surface area contributed by atoms with Crippen LogP contribution in [0, 0.1) is 5.82 Å². The van der Waals surface area contributed by atoms with Crippen molar-refractivity contribution in [3.8, 4) is 0 Å². The largest absolute Gasteiger partial charge is 0.434 e. The third kappa shape index (κ3) is 4.17. The van der Waals surface area contributed by atoms with Crippen LogP contribution < -0.4 is 5.32 Å². The molecule has 1 amide bonds. The van der Waals surface area contributed by atoms with Crippen LogP contribution in [0.25, 0.3) is 0 Å². The number of anilines is 1. The lowest BCUT2D eigenvalue weighted by Gasteiger charge is -2.06. The van der Waals surface area contributed by atoms with Crippen LogP contribution >= 0.6 is 27.5 Å². The number of aromatic nitrogens is 5. The van der Waals surface area contributed by atoms with Gasteiger partial charge in [-0.25, -0.2) is 14.1 Å². The number of amides is 1. The van der Waals surface area contributed by atoms with Gasteiger partial charge in [0.25, 0.3) is 5.91 Å². The highest BCUT2D eigenvalue weighted by molar-refractivity contribution is 9.10. The van der Waals surface area contributed by atoms with E-state index in [1.165, 1.54) is 23.1 Å². The van der Waals surface area contributed by atoms with E-state index in [0.717, 1.165) is 13.1 Å². The quantitative estimate of drug-likeness (QED) is 0.574. The molecule has 0 fully saturated rings. The molecule has 0 unspecified atom stereocenters. The van der Waals surface area contributed by atoms with Crippen molar-refractivity contribution in [3.05, 3.63) is 56.8 Å². The van der Waals surface area contributed by atoms with Gasteiger partial charge in [-0.3, -0.25) is 14.8 Å². The summed E-state index contributed by atoms with van der Waals surface area (Å²) in [5, 5.41) is 10.0. The molecule has 2 aromatic heterocycles. The fourth-order valence-electron chi connectivity index (χ4n) is 2.36. The van der Waals surface area contributed by atoms with Crippen LogP contribution in [0.4, 0.5) is 23.5 Å². The van der Waals surface area contributed by atoms with E-state index in [0.29, 0.717) is 10.2 Å². The topological polar surface area (TPSA) is 77.6 Å². The Labute approximate surface area is 168 Å². The van der Waals surface area contributed by atoms with Crippen LogP contribution in [0.1, 0.15) is 21.7 Å². The number of hydrogen-bond acceptors (Lipinski definition) is 4. The van der Waals surface area contributed by atoms with Gasteiger partial charge in [0.2, 0.25) is 5.95 Å². The van der Waals surface area contributed by atoms with E-state index in [2.05, 4.69) is 36.4 Å². The normalized spacial score (nSPS) is 11.7. The standard InChI is InChI=1S/C15H10BrClF4N6O/c1-26-12(15(19,20)21)10(16)11(24-26)13(28)23-14-22-6-27(25-14)5-7-2-3-8(18)4-9(7)17/h2-4,6H,5H2,1H3,(H,23,25,28). The van der Waals surface area contributed by atoms with E-state index in [4.69, 9.17) is 11.6 Å². The van der Waals surface area contributed by atoms with Crippen LogP contribution in [-0.4, -0.2) is 30.5 Å². The van der Waals surface area contributed by atoms with Gasteiger partial charge in [0, 0.05) is 12.1 Å². The van der Waals surface area contributed by atoms with Crippen molar-refractivity contribution in [1.82, 2.24) is 24.5 Å². The van der Waals surface area contributed by atoms with Gasteiger partial charge in [0.1, 0.15) is 12.1 Å². The summed E-state index contributed by atoms with van der Waals surface area (Å²) in [5.74, 6) is -1.55. The molecule has 0 aliphatic carbocycles. The first kappa shape index (κ1) is 20.3. The summed E-state index contributed by atoms with van der Waals surface area (Å²) in [6.45, 7) is 0.146. The Morgan fingerprint density at radius 2 is 2.04 bits per heavy atom. The lowest BCUT2D eigenvalue weighted by Crippen LogP contribution is -2.15. The van der Waals surface area contributed by atoms with Crippen LogP contribution in [0.5, 0.6) is 0 Å². The fourth-order valence-corrected chi connectivity index (χ4v) is 3.33. The Hall–Kier alpha value is -2.47. The minimum Gasteiger partial charge on any atom is -0.288 e. The molecule has 0 spiro atoms. The Morgan fingerprint density at radius 3 is 2.64 bits per heavy atom. The number of halogens is 6. The highest BCUT2D eigenvalue weighted by Crippen LogP contribution is 2.36. The first-order valence-corrected chi connectivity index (χ1v) is 8.67. The maximum absolute atomic E-state index is 13.1. The predicted octanol–water partition coefficient (Wildman–Crippen LogP) is 3.89. The number of aryl methyl sites for hydroxylation is 1. The molecular formula is C15H10BrClF4N6O. The summed E-state index contributed by atoms with van der Waals surface area (Å²) >= 11 is 8.70. The van der Waals surface area contributed by atoms with Crippen molar-refractivity contribution in [1.29, 1.82) is 0 Å². The maximum atomic E-state index is 13.1. The minimum atomic E-state index is -4.69. The van der Waals surface area contributed by atoms with Gasteiger partial charge in [-0.2, -0.15) is 18.3 Å². The predicted molar refractivity (Wildman–Crippen MR) is 94.4 cm³/mol. The van der Waals surface area contributed by atoms with Gasteiger partial charge in [-0.05, 0) is 33.6 Å². The summed E-state index contributed by atoms with van der Waals surface area (Å²) < 4.78 is 53.5. The van der Waals surface area contributed by atoms with Crippen molar-refractivity contribution in [2.75, 3.05) is 5.32 Å². The average Bonchev–Trinajstić information content (AvgIpc) is 3.13. The summed E-state index contributed by atoms with van der Waals surface area (Å²) in [7, 11) is 1.07. The molecule has 0 atom stereocenters. The van der Waals surface area contributed by atoms with E-state index in [1.807, 2.05) is 0 Å². The fraction of sp³-hybridized carbons (Fsp3) is 0.200. The molecule has 0 radical (unpaired) electrons. The molecule has 3 rings (SSSR count). The Bertz CT molecular complexity index is 1050. The first-order valence-electron chi connectivity index (χ1n) is 7.50. The van der Waals surface area contributed by atoms with Crippen LogP contribution in [0.3, 0.4) is 0 Å². The number of hydrogen-bond donors (Lipinski definition) is 1. The SMILES string of the molecule is Cn1nc(C(=O)Nc2ncn(Cc3ccc(F)cc3Cl)n2)c(Br)c1C(F)(F)F. The number of nitrogens with zero attached hydrogens (tertiary/aromatic N) is 5. The second-order valence-electron chi connectivity index (χ2n) is 5.59. The number of alkyl halides is 3. The molecule has 2 heterocycles. The number of rotatable bonds is 4. The Balaban J connectivity index is 1.76. The van der Waals surface area contributed by atoms with E-state index in [1.54, 1.807) is 0 Å². The zero-order chi connectivity index (χ0) is 20.6. The monoisotopic (exact) mass is 480 g/mol. The molecule has 13 heteroatoms. The van der Waals surface area contributed by atoms with E-state index in [-0.39, 0.29) is 17.5 Å². The average molecular weight is 482 g/mol. The van der Waals surface area contributed by atoms with Crippen molar-refractivity contribution in [2.45, 2.75) is 12.7 Å². The summed E-state index contributed by atoms with van der Waals surface area (Å²) in [6.07, 6.45) is -3.41. The molecule has 1 aromatic carbocycles. The van der Waals surface area contributed by atoms with Gasteiger partial charge in [-0.1, -0.05) is 17.7 Å². The lowest BCUT2D eigenvalue weighted by atomic mass is 10.2. The second kappa shape index (κ2) is 7.51. The van der Waals surface area contributed by atoms with Gasteiger partial charge < -0.3 is 0 Å². The zero-order valence-corrected chi connectivity index (χ0v) is 16.3. The molecule has 0 aliphatic rings. The molecular weight excluding hydrogens is 472 g/mol. The third-order valence-electron chi connectivity index (χ3n) is 3.58. The molecule has 0 saturated carbocycles. The second-order valence-corrected chi connectivity index (χ2v) is 6.79. The van der Waals surface area contributed by atoms with Crippen molar-refractivity contribution >= 4 is 39.4 Å². The molecule has 0 aliphatic heterocycles. The number of benzene rings is 1. The van der Waals surface area contributed by atoms with E-state index in [9.17, 15) is 22.4 Å². The van der Waals surface area contributed by atoms with Crippen molar-refractivity contribution < 1.29 is 22.4 Å². The van der Waals surface area contributed by atoms with Crippen LogP contribution in [-0.2, 0) is 19.8 Å². The molecule has 0 bridgehead atoms. The third-order valence-corrected chi connectivity index (χ3v) is 4.69. The van der Waals surface area contributed by atoms with Crippen molar-refractivity contribution in [3.63, 3.8) is 0 Å². The highest BCUT2D eigenvalue weighted by Gasteiger charge is 2.39. The number of carbonyl (C=O) groups is 1. The minimum absolute atomic E-state index is 0.144. The van der Waals surface area contributed by atoms with Gasteiger partial charge in [-0.15, -0.1) is 5.10 Å². The summed E-state index contributed by atoms with van der Waals surface area (Å²) in [6, 6.07) is 3.85. The smallest absolute Gasteiger partial charge is 0.288 e. The molecule has 3 aromatic rings. The molecule has 28 heavy (non-hydrogen) atoms.